The lowest BCUT2D eigenvalue weighted by Gasteiger charge is -2.52. The van der Waals surface area contributed by atoms with E-state index in [9.17, 15) is 4.79 Å². The van der Waals surface area contributed by atoms with Crippen LogP contribution in [0.3, 0.4) is 0 Å². The third-order valence-corrected chi connectivity index (χ3v) is 4.54. The Hall–Kier alpha value is -0.810. The number of hydrogen-bond acceptors (Lipinski definition) is 3. The third-order valence-electron chi connectivity index (χ3n) is 4.54. The summed E-state index contributed by atoms with van der Waals surface area (Å²) in [4.78, 5) is 20.5. The first-order valence-electron chi connectivity index (χ1n) is 6.81. The van der Waals surface area contributed by atoms with E-state index in [2.05, 4.69) is 23.9 Å². The number of piperazine rings is 1. The maximum atomic E-state index is 11.9. The van der Waals surface area contributed by atoms with Crippen molar-refractivity contribution in [2.75, 3.05) is 60.9 Å². The molecular weight excluding hydrogens is 228 g/mol. The highest BCUT2D eigenvalue weighted by atomic mass is 16.2. The Balaban J connectivity index is 1.98. The molecule has 2 heterocycles. The van der Waals surface area contributed by atoms with Gasteiger partial charge in [-0.05, 0) is 26.9 Å². The molecule has 0 aromatic rings. The molecule has 2 rings (SSSR count). The molecule has 0 atom stereocenters. The minimum absolute atomic E-state index is 0.150. The molecule has 2 saturated heterocycles. The Labute approximate surface area is 110 Å². The van der Waals surface area contributed by atoms with Gasteiger partial charge in [0.1, 0.15) is 0 Å². The number of hydrogen-bond donors (Lipinski definition) is 0. The smallest absolute Gasteiger partial charge is 0.319 e. The second kappa shape index (κ2) is 5.05. The average molecular weight is 254 g/mol. The first-order chi connectivity index (χ1) is 8.44. The van der Waals surface area contributed by atoms with Gasteiger partial charge in [-0.3, -0.25) is 4.90 Å². The molecule has 104 valence electrons. The molecule has 0 aromatic heterocycles. The highest BCUT2D eigenvalue weighted by Crippen LogP contribution is 2.31. The lowest BCUT2D eigenvalue weighted by atomic mass is 9.84. The Morgan fingerprint density at radius 1 is 1.06 bits per heavy atom. The van der Waals surface area contributed by atoms with Gasteiger partial charge in [0.25, 0.3) is 0 Å². The van der Waals surface area contributed by atoms with Gasteiger partial charge in [0, 0.05) is 52.4 Å². The summed E-state index contributed by atoms with van der Waals surface area (Å²) in [7, 11) is 8.09. The van der Waals surface area contributed by atoms with Gasteiger partial charge in [-0.2, -0.15) is 0 Å². The van der Waals surface area contributed by atoms with Gasteiger partial charge in [0.05, 0.1) is 0 Å². The minimum atomic E-state index is 0.150. The molecule has 2 aliphatic heterocycles. The number of piperidine rings is 1. The Morgan fingerprint density at radius 3 is 2.22 bits per heavy atom. The fourth-order valence-corrected chi connectivity index (χ4v) is 3.20. The van der Waals surface area contributed by atoms with Gasteiger partial charge < -0.3 is 14.7 Å². The van der Waals surface area contributed by atoms with Crippen molar-refractivity contribution in [3.05, 3.63) is 0 Å². The molecule has 0 radical (unpaired) electrons. The summed E-state index contributed by atoms with van der Waals surface area (Å²) < 4.78 is 0. The van der Waals surface area contributed by atoms with E-state index >= 15 is 0 Å². The maximum absolute atomic E-state index is 11.9. The van der Waals surface area contributed by atoms with Crippen LogP contribution >= 0.6 is 0 Å². The molecule has 0 saturated carbocycles. The number of rotatable bonds is 0. The minimum Gasteiger partial charge on any atom is -0.331 e. The summed E-state index contributed by atoms with van der Waals surface area (Å²) in [5.41, 5.74) is 0.288. The molecule has 0 aliphatic carbocycles. The van der Waals surface area contributed by atoms with E-state index in [-0.39, 0.29) is 11.6 Å². The molecule has 5 heteroatoms. The van der Waals surface area contributed by atoms with E-state index < -0.39 is 0 Å². The van der Waals surface area contributed by atoms with E-state index in [1.165, 1.54) is 0 Å². The van der Waals surface area contributed by atoms with E-state index in [4.69, 9.17) is 0 Å². The second-order valence-electron chi connectivity index (χ2n) is 6.05. The van der Waals surface area contributed by atoms with Crippen molar-refractivity contribution in [3.63, 3.8) is 0 Å². The summed E-state index contributed by atoms with van der Waals surface area (Å²) in [6, 6.07) is 0.150. The molecule has 18 heavy (non-hydrogen) atoms. The van der Waals surface area contributed by atoms with Crippen molar-refractivity contribution >= 4 is 6.03 Å². The quantitative estimate of drug-likeness (QED) is 0.626. The van der Waals surface area contributed by atoms with Gasteiger partial charge in [0.2, 0.25) is 0 Å². The first-order valence-corrected chi connectivity index (χ1v) is 6.81. The van der Waals surface area contributed by atoms with Crippen LogP contribution in [0.4, 0.5) is 4.79 Å². The molecule has 2 aliphatic rings. The zero-order chi connectivity index (χ0) is 13.3. The first kappa shape index (κ1) is 13.6. The van der Waals surface area contributed by atoms with E-state index in [1.807, 2.05) is 19.0 Å². The van der Waals surface area contributed by atoms with Crippen LogP contribution in [0, 0.1) is 0 Å². The fourth-order valence-electron chi connectivity index (χ4n) is 3.20. The Bertz CT molecular complexity index is 310. The third kappa shape index (κ3) is 2.47. The van der Waals surface area contributed by atoms with E-state index in [0.29, 0.717) is 0 Å². The number of nitrogens with zero attached hydrogens (tertiary/aromatic N) is 4. The SMILES string of the molecule is CN1CCN(C)C2(CCN(C(=O)N(C)C)CC2)C1. The van der Waals surface area contributed by atoms with Gasteiger partial charge in [-0.1, -0.05) is 0 Å². The van der Waals surface area contributed by atoms with Crippen LogP contribution in [0.1, 0.15) is 12.8 Å². The highest BCUT2D eigenvalue weighted by molar-refractivity contribution is 5.73. The zero-order valence-electron chi connectivity index (χ0n) is 12.1. The highest BCUT2D eigenvalue weighted by Gasteiger charge is 2.42. The predicted octanol–water partition coefficient (Wildman–Crippen LogP) is 0.380. The molecule has 0 bridgehead atoms. The van der Waals surface area contributed by atoms with Gasteiger partial charge in [-0.15, -0.1) is 0 Å². The second-order valence-corrected chi connectivity index (χ2v) is 6.05. The van der Waals surface area contributed by atoms with Crippen LogP contribution in [0.25, 0.3) is 0 Å². The molecule has 0 unspecified atom stereocenters. The lowest BCUT2D eigenvalue weighted by Crippen LogP contribution is -2.64. The number of likely N-dealkylation sites (tertiary alicyclic amines) is 1. The molecule has 2 amide bonds. The number of urea groups is 1. The molecular formula is C13H26N4O. The molecule has 0 aromatic carbocycles. The topological polar surface area (TPSA) is 30.0 Å². The Morgan fingerprint density at radius 2 is 1.67 bits per heavy atom. The summed E-state index contributed by atoms with van der Waals surface area (Å²) in [5, 5.41) is 0. The van der Waals surface area contributed by atoms with E-state index in [0.717, 1.165) is 45.6 Å². The van der Waals surface area contributed by atoms with Crippen LogP contribution in [-0.4, -0.2) is 92.1 Å². The van der Waals surface area contributed by atoms with Crippen molar-refractivity contribution in [2.45, 2.75) is 18.4 Å². The van der Waals surface area contributed by atoms with Crippen LogP contribution in [0.15, 0.2) is 0 Å². The van der Waals surface area contributed by atoms with Crippen LogP contribution in [0.2, 0.25) is 0 Å². The van der Waals surface area contributed by atoms with Crippen LogP contribution in [0.5, 0.6) is 0 Å². The van der Waals surface area contributed by atoms with E-state index in [1.54, 1.807) is 4.90 Å². The Kier molecular flexibility index (Phi) is 3.82. The fraction of sp³-hybridized carbons (Fsp3) is 0.923. The zero-order valence-corrected chi connectivity index (χ0v) is 12.1. The molecule has 1 spiro atoms. The van der Waals surface area contributed by atoms with Crippen molar-refractivity contribution in [2.24, 2.45) is 0 Å². The monoisotopic (exact) mass is 254 g/mol. The molecule has 5 nitrogen and oxygen atoms in total. The van der Waals surface area contributed by atoms with Crippen LogP contribution < -0.4 is 0 Å². The summed E-state index contributed by atoms with van der Waals surface area (Å²) >= 11 is 0. The number of amides is 2. The summed E-state index contributed by atoms with van der Waals surface area (Å²) in [5.74, 6) is 0. The van der Waals surface area contributed by atoms with Gasteiger partial charge in [-0.25, -0.2) is 4.79 Å². The van der Waals surface area contributed by atoms with Crippen molar-refractivity contribution in [3.8, 4) is 0 Å². The predicted molar refractivity (Wildman–Crippen MR) is 72.7 cm³/mol. The van der Waals surface area contributed by atoms with Crippen molar-refractivity contribution in [1.82, 2.24) is 19.6 Å². The largest absolute Gasteiger partial charge is 0.331 e. The number of likely N-dealkylation sites (N-methyl/N-ethyl adjacent to an activating group) is 2. The van der Waals surface area contributed by atoms with Gasteiger partial charge >= 0.3 is 6.03 Å². The standard InChI is InChI=1S/C13H26N4O/c1-14(2)12(18)17-7-5-13(6-8-17)11-15(3)9-10-16(13)4/h5-11H2,1-4H3. The summed E-state index contributed by atoms with van der Waals surface area (Å²) in [6.07, 6.45) is 2.18. The average Bonchev–Trinajstić information content (AvgIpc) is 2.34. The lowest BCUT2D eigenvalue weighted by molar-refractivity contribution is -0.0135. The summed E-state index contributed by atoms with van der Waals surface area (Å²) in [6.45, 7) is 5.19. The normalized spacial score (nSPS) is 25.4. The molecule has 0 N–H and O–H groups in total. The van der Waals surface area contributed by atoms with Crippen LogP contribution in [-0.2, 0) is 0 Å². The van der Waals surface area contributed by atoms with Gasteiger partial charge in [0.15, 0.2) is 0 Å². The van der Waals surface area contributed by atoms with Crippen molar-refractivity contribution < 1.29 is 4.79 Å². The maximum Gasteiger partial charge on any atom is 0.319 e. The van der Waals surface area contributed by atoms with Crippen molar-refractivity contribution in [1.29, 1.82) is 0 Å². The number of carbonyl (C=O) groups is 1. The molecule has 2 fully saturated rings. The number of carbonyl (C=O) groups excluding carboxylic acids is 1.